The number of aromatic nitrogens is 2. The van der Waals surface area contributed by atoms with E-state index in [1.807, 2.05) is 18.2 Å². The van der Waals surface area contributed by atoms with Crippen LogP contribution in [0.15, 0.2) is 41.0 Å². The maximum absolute atomic E-state index is 10.4. The van der Waals surface area contributed by atoms with Crippen molar-refractivity contribution in [3.05, 3.63) is 52.3 Å². The highest BCUT2D eigenvalue weighted by Gasteiger charge is 2.17. The molecule has 0 bridgehead atoms. The summed E-state index contributed by atoms with van der Waals surface area (Å²) < 4.78 is 7.70. The summed E-state index contributed by atoms with van der Waals surface area (Å²) in [5, 5.41) is 14.7. The number of nitrogens with zero attached hydrogens (tertiary/aromatic N) is 2. The largest absolute Gasteiger partial charge is 0.387 e. The van der Waals surface area contributed by atoms with E-state index < -0.39 is 6.10 Å². The Kier molecular flexibility index (Phi) is 5.76. The maximum Gasteiger partial charge on any atom is 0.0971 e. The smallest absolute Gasteiger partial charge is 0.0971 e. The molecule has 4 nitrogen and oxygen atoms in total. The van der Waals surface area contributed by atoms with Gasteiger partial charge in [-0.3, -0.25) is 4.68 Å². The second kappa shape index (κ2) is 7.57. The number of halogens is 1. The lowest BCUT2D eigenvalue weighted by Crippen LogP contribution is -2.13. The number of hydrogen-bond donors (Lipinski definition) is 1. The second-order valence-corrected chi connectivity index (χ2v) is 5.49. The van der Waals surface area contributed by atoms with Gasteiger partial charge in [-0.15, -0.1) is 0 Å². The van der Waals surface area contributed by atoms with E-state index in [9.17, 15) is 5.11 Å². The van der Waals surface area contributed by atoms with Crippen LogP contribution in [0.3, 0.4) is 0 Å². The molecular weight excluding hydrogens is 320 g/mol. The predicted molar refractivity (Wildman–Crippen MR) is 81.5 cm³/mol. The molecule has 0 aliphatic heterocycles. The maximum atomic E-state index is 10.4. The van der Waals surface area contributed by atoms with Crippen LogP contribution in [0, 0.1) is 0 Å². The van der Waals surface area contributed by atoms with Crippen molar-refractivity contribution in [1.82, 2.24) is 9.78 Å². The van der Waals surface area contributed by atoms with E-state index in [0.717, 1.165) is 16.6 Å². The minimum Gasteiger partial charge on any atom is -0.387 e. The van der Waals surface area contributed by atoms with Crippen molar-refractivity contribution >= 4 is 15.9 Å². The van der Waals surface area contributed by atoms with E-state index in [1.165, 1.54) is 5.56 Å². The average Bonchev–Trinajstić information content (AvgIpc) is 2.84. The Balaban J connectivity index is 2.01. The Labute approximate surface area is 127 Å². The molecule has 108 valence electrons. The monoisotopic (exact) mass is 338 g/mol. The Morgan fingerprint density at radius 2 is 2.10 bits per heavy atom. The van der Waals surface area contributed by atoms with Crippen molar-refractivity contribution in [3.8, 4) is 0 Å². The van der Waals surface area contributed by atoms with E-state index in [0.29, 0.717) is 19.6 Å². The summed E-state index contributed by atoms with van der Waals surface area (Å²) in [4.78, 5) is 0. The average molecular weight is 339 g/mol. The Bertz CT molecular complexity index is 528. The van der Waals surface area contributed by atoms with Gasteiger partial charge in [0, 0.05) is 7.11 Å². The fraction of sp³-hybridized carbons (Fsp3) is 0.400. The second-order valence-electron chi connectivity index (χ2n) is 4.63. The van der Waals surface area contributed by atoms with Crippen LogP contribution >= 0.6 is 15.9 Å². The molecule has 0 saturated carbocycles. The molecule has 5 heteroatoms. The van der Waals surface area contributed by atoms with Gasteiger partial charge in [-0.05, 0) is 34.3 Å². The molecule has 0 radical (unpaired) electrons. The van der Waals surface area contributed by atoms with Crippen LogP contribution in [0.25, 0.3) is 0 Å². The van der Waals surface area contributed by atoms with Crippen LogP contribution in [0.4, 0.5) is 0 Å². The number of aryl methyl sites for hydroxylation is 1. The summed E-state index contributed by atoms with van der Waals surface area (Å²) in [6.45, 7) is 1.21. The summed E-state index contributed by atoms with van der Waals surface area (Å²) in [5.74, 6) is 0. The van der Waals surface area contributed by atoms with Crippen LogP contribution in [0.5, 0.6) is 0 Å². The van der Waals surface area contributed by atoms with Gasteiger partial charge in [0.15, 0.2) is 0 Å². The zero-order valence-electron chi connectivity index (χ0n) is 11.5. The van der Waals surface area contributed by atoms with Crippen molar-refractivity contribution in [2.24, 2.45) is 0 Å². The van der Waals surface area contributed by atoms with Crippen LogP contribution in [-0.2, 0) is 17.7 Å². The standard InChI is InChI=1S/C15H19BrN2O2/c1-20-10-9-18-15(13(16)11-17-18)14(19)8-7-12-5-3-2-4-6-12/h2-6,11,14,19H,7-10H2,1H3. The molecule has 1 aromatic heterocycles. The molecule has 2 aromatic rings. The summed E-state index contributed by atoms with van der Waals surface area (Å²) in [6.07, 6.45) is 2.69. The molecule has 0 spiro atoms. The summed E-state index contributed by atoms with van der Waals surface area (Å²) in [5.41, 5.74) is 2.05. The normalized spacial score (nSPS) is 12.6. The van der Waals surface area contributed by atoms with Gasteiger partial charge >= 0.3 is 0 Å². The number of ether oxygens (including phenoxy) is 1. The Morgan fingerprint density at radius 3 is 2.80 bits per heavy atom. The minimum atomic E-state index is -0.538. The molecule has 0 aliphatic rings. The van der Waals surface area contributed by atoms with Crippen molar-refractivity contribution in [2.75, 3.05) is 13.7 Å². The number of rotatable bonds is 7. The van der Waals surface area contributed by atoms with Gasteiger partial charge in [0.1, 0.15) is 0 Å². The minimum absolute atomic E-state index is 0.538. The van der Waals surface area contributed by atoms with Gasteiger partial charge in [0.25, 0.3) is 0 Å². The van der Waals surface area contributed by atoms with Gasteiger partial charge in [-0.25, -0.2) is 0 Å². The van der Waals surface area contributed by atoms with Crippen molar-refractivity contribution in [1.29, 1.82) is 0 Å². The van der Waals surface area contributed by atoms with E-state index in [4.69, 9.17) is 4.74 Å². The molecule has 0 aliphatic carbocycles. The molecular formula is C15H19BrN2O2. The predicted octanol–water partition coefficient (Wildman–Crippen LogP) is 2.96. The molecule has 1 atom stereocenters. The van der Waals surface area contributed by atoms with Crippen LogP contribution < -0.4 is 0 Å². The van der Waals surface area contributed by atoms with Gasteiger partial charge in [0.2, 0.25) is 0 Å². The molecule has 0 amide bonds. The van der Waals surface area contributed by atoms with Crippen molar-refractivity contribution in [3.63, 3.8) is 0 Å². The van der Waals surface area contributed by atoms with Gasteiger partial charge < -0.3 is 9.84 Å². The number of methoxy groups -OCH3 is 1. The van der Waals surface area contributed by atoms with Crippen molar-refractivity contribution in [2.45, 2.75) is 25.5 Å². The first-order valence-corrected chi connectivity index (χ1v) is 7.43. The Morgan fingerprint density at radius 1 is 1.35 bits per heavy atom. The zero-order chi connectivity index (χ0) is 14.4. The van der Waals surface area contributed by atoms with E-state index in [2.05, 4.69) is 33.2 Å². The lowest BCUT2D eigenvalue weighted by Gasteiger charge is -2.14. The van der Waals surface area contributed by atoms with E-state index in [1.54, 1.807) is 18.0 Å². The molecule has 1 aromatic carbocycles. The van der Waals surface area contributed by atoms with E-state index in [-0.39, 0.29) is 0 Å². The van der Waals surface area contributed by atoms with Crippen LogP contribution in [0.1, 0.15) is 23.8 Å². The first kappa shape index (κ1) is 15.2. The van der Waals surface area contributed by atoms with E-state index >= 15 is 0 Å². The molecule has 0 fully saturated rings. The Hall–Kier alpha value is -1.17. The van der Waals surface area contributed by atoms with Gasteiger partial charge in [0.05, 0.1) is 35.6 Å². The number of aliphatic hydroxyl groups excluding tert-OH is 1. The highest BCUT2D eigenvalue weighted by molar-refractivity contribution is 9.10. The summed E-state index contributed by atoms with van der Waals surface area (Å²) in [7, 11) is 1.66. The molecule has 20 heavy (non-hydrogen) atoms. The highest BCUT2D eigenvalue weighted by atomic mass is 79.9. The van der Waals surface area contributed by atoms with Crippen LogP contribution in [0.2, 0.25) is 0 Å². The first-order chi connectivity index (χ1) is 9.72. The fourth-order valence-corrected chi connectivity index (χ4v) is 2.70. The number of hydrogen-bond acceptors (Lipinski definition) is 3. The van der Waals surface area contributed by atoms with Gasteiger partial charge in [-0.1, -0.05) is 30.3 Å². The SMILES string of the molecule is COCCn1ncc(Br)c1C(O)CCc1ccccc1. The quantitative estimate of drug-likeness (QED) is 0.844. The summed E-state index contributed by atoms with van der Waals surface area (Å²) in [6, 6.07) is 10.2. The third-order valence-electron chi connectivity index (χ3n) is 3.21. The van der Waals surface area contributed by atoms with Gasteiger partial charge in [-0.2, -0.15) is 5.10 Å². The molecule has 1 unspecified atom stereocenters. The molecule has 1 heterocycles. The topological polar surface area (TPSA) is 47.3 Å². The third kappa shape index (κ3) is 3.91. The van der Waals surface area contributed by atoms with Crippen LogP contribution in [-0.4, -0.2) is 28.6 Å². The van der Waals surface area contributed by atoms with Crippen molar-refractivity contribution < 1.29 is 9.84 Å². The lowest BCUT2D eigenvalue weighted by atomic mass is 10.1. The lowest BCUT2D eigenvalue weighted by molar-refractivity contribution is 0.145. The highest BCUT2D eigenvalue weighted by Crippen LogP contribution is 2.26. The number of benzene rings is 1. The molecule has 0 saturated heterocycles. The number of aliphatic hydroxyl groups is 1. The summed E-state index contributed by atoms with van der Waals surface area (Å²) >= 11 is 3.45. The first-order valence-electron chi connectivity index (χ1n) is 6.64. The third-order valence-corrected chi connectivity index (χ3v) is 3.82. The fourth-order valence-electron chi connectivity index (χ4n) is 2.14. The molecule has 1 N–H and O–H groups in total. The zero-order valence-corrected chi connectivity index (χ0v) is 13.1. The molecule has 2 rings (SSSR count).